The van der Waals surface area contributed by atoms with E-state index in [0.717, 1.165) is 4.90 Å². The number of carbonyl (C=O) groups is 2. The summed E-state index contributed by atoms with van der Waals surface area (Å²) in [6.07, 6.45) is 0. The minimum Gasteiger partial charge on any atom is -0.508 e. The van der Waals surface area contributed by atoms with Crippen LogP contribution >= 0.6 is 0 Å². The highest BCUT2D eigenvalue weighted by atomic mass is 16.5. The molecule has 0 aromatic heterocycles. The van der Waals surface area contributed by atoms with Crippen LogP contribution in [-0.4, -0.2) is 42.1 Å². The largest absolute Gasteiger partial charge is 0.508 e. The van der Waals surface area contributed by atoms with Crippen molar-refractivity contribution in [2.45, 2.75) is 0 Å². The number of phenols is 1. The van der Waals surface area contributed by atoms with E-state index in [2.05, 4.69) is 0 Å². The van der Waals surface area contributed by atoms with Crippen LogP contribution in [0.4, 0.5) is 0 Å². The van der Waals surface area contributed by atoms with Gasteiger partial charge in [-0.25, -0.2) is 0 Å². The molecular formula is C15H13NO4. The van der Waals surface area contributed by atoms with Crippen molar-refractivity contribution in [2.75, 3.05) is 20.3 Å². The number of rotatable bonds is 3. The second-order valence-corrected chi connectivity index (χ2v) is 4.65. The van der Waals surface area contributed by atoms with Crippen LogP contribution in [-0.2, 0) is 4.74 Å². The van der Waals surface area contributed by atoms with Crippen molar-refractivity contribution in [3.63, 3.8) is 0 Å². The molecule has 0 fully saturated rings. The van der Waals surface area contributed by atoms with Gasteiger partial charge in [-0.15, -0.1) is 0 Å². The van der Waals surface area contributed by atoms with Crippen molar-refractivity contribution in [3.05, 3.63) is 41.5 Å². The Balaban J connectivity index is 2.23. The Morgan fingerprint density at radius 1 is 1.15 bits per heavy atom. The first-order valence-electron chi connectivity index (χ1n) is 6.24. The molecule has 1 heterocycles. The van der Waals surface area contributed by atoms with Crippen molar-refractivity contribution in [1.82, 2.24) is 4.90 Å². The van der Waals surface area contributed by atoms with Gasteiger partial charge in [0.15, 0.2) is 0 Å². The Morgan fingerprint density at radius 3 is 2.65 bits per heavy atom. The van der Waals surface area contributed by atoms with Gasteiger partial charge in [-0.1, -0.05) is 12.1 Å². The number of phenolic OH excluding ortho intramolecular Hbond substituents is 1. The maximum atomic E-state index is 12.4. The molecule has 102 valence electrons. The standard InChI is InChI=1S/C15H13NO4/c1-20-6-5-16-14(18)11-4-2-3-9-7-10(17)8-12(13(9)11)15(16)19/h2-4,7-8,17H,5-6H2,1H3. The van der Waals surface area contributed by atoms with E-state index in [1.807, 2.05) is 0 Å². The van der Waals surface area contributed by atoms with Gasteiger partial charge in [0.05, 0.1) is 18.7 Å². The monoisotopic (exact) mass is 271 g/mol. The average Bonchev–Trinajstić information content (AvgIpc) is 2.44. The maximum Gasteiger partial charge on any atom is 0.261 e. The van der Waals surface area contributed by atoms with Crippen molar-refractivity contribution in [2.24, 2.45) is 0 Å². The zero-order valence-corrected chi connectivity index (χ0v) is 10.9. The summed E-state index contributed by atoms with van der Waals surface area (Å²) in [5, 5.41) is 11.0. The molecule has 0 unspecified atom stereocenters. The summed E-state index contributed by atoms with van der Waals surface area (Å²) in [4.78, 5) is 26.0. The first kappa shape index (κ1) is 12.6. The summed E-state index contributed by atoms with van der Waals surface area (Å²) in [6.45, 7) is 0.473. The van der Waals surface area contributed by atoms with E-state index in [1.54, 1.807) is 24.3 Å². The fraction of sp³-hybridized carbons (Fsp3) is 0.200. The quantitative estimate of drug-likeness (QED) is 0.864. The molecule has 1 aliphatic rings. The Kier molecular flexibility index (Phi) is 2.91. The van der Waals surface area contributed by atoms with E-state index in [9.17, 15) is 14.7 Å². The number of hydrogen-bond donors (Lipinski definition) is 1. The molecule has 5 nitrogen and oxygen atoms in total. The molecule has 20 heavy (non-hydrogen) atoms. The molecular weight excluding hydrogens is 258 g/mol. The van der Waals surface area contributed by atoms with E-state index >= 15 is 0 Å². The third-order valence-electron chi connectivity index (χ3n) is 3.43. The van der Waals surface area contributed by atoms with E-state index < -0.39 is 5.91 Å². The van der Waals surface area contributed by atoms with Crippen LogP contribution in [0.2, 0.25) is 0 Å². The van der Waals surface area contributed by atoms with E-state index in [1.165, 1.54) is 13.2 Å². The Hall–Kier alpha value is -2.40. The summed E-state index contributed by atoms with van der Waals surface area (Å²) in [5.41, 5.74) is 0.833. The van der Waals surface area contributed by atoms with Crippen LogP contribution < -0.4 is 0 Å². The number of methoxy groups -OCH3 is 1. The highest BCUT2D eigenvalue weighted by molar-refractivity contribution is 6.25. The maximum absolute atomic E-state index is 12.4. The molecule has 0 spiro atoms. The van der Waals surface area contributed by atoms with Gasteiger partial charge in [-0.3, -0.25) is 14.5 Å². The zero-order chi connectivity index (χ0) is 14.3. The summed E-state index contributed by atoms with van der Waals surface area (Å²) in [7, 11) is 1.51. The molecule has 0 saturated carbocycles. The molecule has 0 atom stereocenters. The van der Waals surface area contributed by atoms with Crippen molar-refractivity contribution in [3.8, 4) is 5.75 Å². The number of imide groups is 1. The lowest BCUT2D eigenvalue weighted by Gasteiger charge is -2.27. The molecule has 1 aliphatic heterocycles. The van der Waals surface area contributed by atoms with E-state index in [0.29, 0.717) is 21.9 Å². The fourth-order valence-electron chi connectivity index (χ4n) is 2.53. The number of nitrogens with zero attached hydrogens (tertiary/aromatic N) is 1. The van der Waals surface area contributed by atoms with Gasteiger partial charge < -0.3 is 9.84 Å². The Labute approximate surface area is 115 Å². The topological polar surface area (TPSA) is 66.8 Å². The van der Waals surface area contributed by atoms with Crippen LogP contribution in [0, 0.1) is 0 Å². The predicted molar refractivity (Wildman–Crippen MR) is 72.9 cm³/mol. The summed E-state index contributed by atoms with van der Waals surface area (Å²) >= 11 is 0. The number of benzene rings is 2. The molecule has 2 amide bonds. The Bertz CT molecular complexity index is 723. The number of amides is 2. The first-order valence-corrected chi connectivity index (χ1v) is 6.24. The number of aromatic hydroxyl groups is 1. The third kappa shape index (κ3) is 1.75. The van der Waals surface area contributed by atoms with Crippen LogP contribution in [0.1, 0.15) is 20.7 Å². The molecule has 3 rings (SSSR count). The third-order valence-corrected chi connectivity index (χ3v) is 3.43. The van der Waals surface area contributed by atoms with Crippen LogP contribution in [0.25, 0.3) is 10.8 Å². The minimum atomic E-state index is -0.397. The smallest absolute Gasteiger partial charge is 0.261 e. The van der Waals surface area contributed by atoms with Gasteiger partial charge in [0, 0.05) is 18.1 Å². The van der Waals surface area contributed by atoms with Gasteiger partial charge in [-0.2, -0.15) is 0 Å². The van der Waals surface area contributed by atoms with Gasteiger partial charge in [0.2, 0.25) is 0 Å². The number of hydrogen-bond acceptors (Lipinski definition) is 4. The lowest BCUT2D eigenvalue weighted by molar-refractivity contribution is 0.0559. The fourth-order valence-corrected chi connectivity index (χ4v) is 2.53. The Morgan fingerprint density at radius 2 is 1.90 bits per heavy atom. The molecule has 2 aromatic carbocycles. The van der Waals surface area contributed by atoms with Gasteiger partial charge in [-0.05, 0) is 23.6 Å². The SMILES string of the molecule is COCCN1C(=O)c2cccc3cc(O)cc(c23)C1=O. The highest BCUT2D eigenvalue weighted by Gasteiger charge is 2.32. The van der Waals surface area contributed by atoms with Crippen molar-refractivity contribution in [1.29, 1.82) is 0 Å². The zero-order valence-electron chi connectivity index (χ0n) is 10.9. The molecule has 2 aromatic rings. The summed E-state index contributed by atoms with van der Waals surface area (Å²) in [5.74, 6) is -0.707. The van der Waals surface area contributed by atoms with E-state index in [-0.39, 0.29) is 24.8 Å². The molecule has 0 saturated heterocycles. The molecule has 0 aliphatic carbocycles. The van der Waals surface area contributed by atoms with Crippen LogP contribution in [0.15, 0.2) is 30.3 Å². The molecule has 0 bridgehead atoms. The molecule has 0 radical (unpaired) electrons. The van der Waals surface area contributed by atoms with Crippen molar-refractivity contribution >= 4 is 22.6 Å². The summed E-state index contributed by atoms with van der Waals surface area (Å²) in [6, 6.07) is 8.15. The number of carbonyl (C=O) groups excluding carboxylic acids is 2. The van der Waals surface area contributed by atoms with Crippen LogP contribution in [0.3, 0.4) is 0 Å². The molecule has 5 heteroatoms. The van der Waals surface area contributed by atoms with E-state index in [4.69, 9.17) is 4.74 Å². The van der Waals surface area contributed by atoms with Crippen LogP contribution in [0.5, 0.6) is 5.75 Å². The molecule has 1 N–H and O–H groups in total. The second kappa shape index (κ2) is 4.61. The van der Waals surface area contributed by atoms with Gasteiger partial charge in [0.1, 0.15) is 5.75 Å². The summed E-state index contributed by atoms with van der Waals surface area (Å²) < 4.78 is 4.93. The lowest BCUT2D eigenvalue weighted by Crippen LogP contribution is -2.42. The van der Waals surface area contributed by atoms with Crippen molar-refractivity contribution < 1.29 is 19.4 Å². The predicted octanol–water partition coefficient (Wildman–Crippen LogP) is 1.79. The lowest BCUT2D eigenvalue weighted by atomic mass is 9.94. The highest BCUT2D eigenvalue weighted by Crippen LogP contribution is 2.32. The second-order valence-electron chi connectivity index (χ2n) is 4.65. The number of ether oxygens (including phenoxy) is 1. The average molecular weight is 271 g/mol. The first-order chi connectivity index (χ1) is 9.63. The van der Waals surface area contributed by atoms with Gasteiger partial charge >= 0.3 is 0 Å². The minimum absolute atomic E-state index is 0.0130. The van der Waals surface area contributed by atoms with Gasteiger partial charge in [0.25, 0.3) is 11.8 Å². The normalized spacial score (nSPS) is 14.2.